The van der Waals surface area contributed by atoms with Crippen molar-refractivity contribution in [2.45, 2.75) is 31.3 Å². The van der Waals surface area contributed by atoms with Gasteiger partial charge in [-0.2, -0.15) is 0 Å². The van der Waals surface area contributed by atoms with Gasteiger partial charge in [-0.1, -0.05) is 12.1 Å². The van der Waals surface area contributed by atoms with Gasteiger partial charge >= 0.3 is 0 Å². The van der Waals surface area contributed by atoms with Crippen molar-refractivity contribution in [2.75, 3.05) is 20.3 Å². The Bertz CT molecular complexity index is 378. The molecular formula is C14H20O5. The Morgan fingerprint density at radius 2 is 2.11 bits per heavy atom. The van der Waals surface area contributed by atoms with Crippen molar-refractivity contribution in [3.05, 3.63) is 29.8 Å². The topological polar surface area (TPSA) is 68.2 Å². The molecule has 1 fully saturated rings. The highest BCUT2D eigenvalue weighted by Crippen LogP contribution is 2.29. The summed E-state index contributed by atoms with van der Waals surface area (Å²) in [4.78, 5) is 0. The number of rotatable bonds is 5. The Balaban J connectivity index is 1.95. The fourth-order valence-corrected chi connectivity index (χ4v) is 2.08. The van der Waals surface area contributed by atoms with Gasteiger partial charge in [0.2, 0.25) is 0 Å². The van der Waals surface area contributed by atoms with Crippen molar-refractivity contribution in [3.63, 3.8) is 0 Å². The highest BCUT2D eigenvalue weighted by atomic mass is 16.7. The molecule has 1 aliphatic rings. The Morgan fingerprint density at radius 3 is 2.74 bits per heavy atom. The summed E-state index contributed by atoms with van der Waals surface area (Å²) in [5.41, 5.74) is 0.920. The molecule has 5 nitrogen and oxygen atoms in total. The number of ether oxygens (including phenoxy) is 3. The van der Waals surface area contributed by atoms with E-state index in [1.807, 2.05) is 24.3 Å². The summed E-state index contributed by atoms with van der Waals surface area (Å²) < 4.78 is 16.5. The molecule has 1 aromatic carbocycles. The quantitative estimate of drug-likeness (QED) is 0.841. The molecule has 1 aromatic rings. The first-order valence-electron chi connectivity index (χ1n) is 6.43. The maximum atomic E-state index is 9.45. The maximum Gasteiger partial charge on any atom is 0.184 e. The van der Waals surface area contributed by atoms with Crippen molar-refractivity contribution in [3.8, 4) is 5.75 Å². The molecular weight excluding hydrogens is 248 g/mol. The Morgan fingerprint density at radius 1 is 1.37 bits per heavy atom. The fourth-order valence-electron chi connectivity index (χ4n) is 2.08. The molecule has 0 amide bonds. The molecule has 0 bridgehead atoms. The molecule has 2 rings (SSSR count). The van der Waals surface area contributed by atoms with E-state index in [4.69, 9.17) is 19.3 Å². The van der Waals surface area contributed by atoms with E-state index >= 15 is 0 Å². The first kappa shape index (κ1) is 14.3. The van der Waals surface area contributed by atoms with Gasteiger partial charge in [-0.25, -0.2) is 0 Å². The second kappa shape index (κ2) is 6.86. The number of methoxy groups -OCH3 is 1. The van der Waals surface area contributed by atoms with Crippen LogP contribution < -0.4 is 4.74 Å². The first-order valence-corrected chi connectivity index (χ1v) is 6.43. The van der Waals surface area contributed by atoms with Gasteiger partial charge in [0.1, 0.15) is 5.75 Å². The zero-order valence-electron chi connectivity index (χ0n) is 11.0. The molecule has 1 saturated heterocycles. The fraction of sp³-hybridized carbons (Fsp3) is 0.571. The van der Waals surface area contributed by atoms with Crippen LogP contribution in [0.15, 0.2) is 24.3 Å². The molecule has 1 aliphatic heterocycles. The maximum absolute atomic E-state index is 9.45. The van der Waals surface area contributed by atoms with Crippen molar-refractivity contribution in [2.24, 2.45) is 0 Å². The Kier molecular flexibility index (Phi) is 5.15. The smallest absolute Gasteiger partial charge is 0.184 e. The van der Waals surface area contributed by atoms with Gasteiger partial charge in [-0.3, -0.25) is 0 Å². The van der Waals surface area contributed by atoms with Crippen LogP contribution in [0.25, 0.3) is 0 Å². The van der Waals surface area contributed by atoms with E-state index in [-0.39, 0.29) is 12.7 Å². The molecule has 0 radical (unpaired) electrons. The minimum absolute atomic E-state index is 0.0944. The van der Waals surface area contributed by atoms with Crippen LogP contribution in [-0.2, 0) is 9.47 Å². The van der Waals surface area contributed by atoms with Crippen LogP contribution in [0.4, 0.5) is 0 Å². The van der Waals surface area contributed by atoms with Crippen LogP contribution in [0.3, 0.4) is 0 Å². The summed E-state index contributed by atoms with van der Waals surface area (Å²) >= 11 is 0. The lowest BCUT2D eigenvalue weighted by Gasteiger charge is -2.31. The Hall–Kier alpha value is -1.14. The lowest BCUT2D eigenvalue weighted by molar-refractivity contribution is -0.223. The highest BCUT2D eigenvalue weighted by Gasteiger charge is 2.25. The lowest BCUT2D eigenvalue weighted by atomic mass is 10.1. The number of benzene rings is 1. The zero-order chi connectivity index (χ0) is 13.7. The van der Waals surface area contributed by atoms with E-state index < -0.39 is 12.4 Å². The molecule has 5 heteroatoms. The number of aliphatic hydroxyl groups excluding tert-OH is 2. The second-order valence-electron chi connectivity index (χ2n) is 4.59. The van der Waals surface area contributed by atoms with Crippen LogP contribution in [0.2, 0.25) is 0 Å². The van der Waals surface area contributed by atoms with E-state index in [1.165, 1.54) is 0 Å². The normalized spacial score (nSPS) is 25.0. The molecule has 0 aromatic heterocycles. The summed E-state index contributed by atoms with van der Waals surface area (Å²) in [7, 11) is 1.62. The average Bonchev–Trinajstić information content (AvgIpc) is 2.47. The minimum atomic E-state index is -0.736. The van der Waals surface area contributed by atoms with E-state index in [9.17, 15) is 5.11 Å². The van der Waals surface area contributed by atoms with Crippen LogP contribution in [0, 0.1) is 0 Å². The molecule has 3 atom stereocenters. The zero-order valence-corrected chi connectivity index (χ0v) is 11.0. The molecule has 1 heterocycles. The van der Waals surface area contributed by atoms with Gasteiger partial charge in [0.15, 0.2) is 6.29 Å². The monoisotopic (exact) mass is 268 g/mol. The predicted molar refractivity (Wildman–Crippen MR) is 68.9 cm³/mol. The summed E-state index contributed by atoms with van der Waals surface area (Å²) in [6, 6.07) is 7.51. The third-order valence-corrected chi connectivity index (χ3v) is 3.16. The van der Waals surface area contributed by atoms with E-state index in [1.54, 1.807) is 7.11 Å². The third-order valence-electron chi connectivity index (χ3n) is 3.16. The molecule has 2 N–H and O–H groups in total. The van der Waals surface area contributed by atoms with Crippen LogP contribution >= 0.6 is 0 Å². The van der Waals surface area contributed by atoms with Crippen molar-refractivity contribution in [1.82, 2.24) is 0 Å². The standard InChI is InChI=1S/C14H20O5/c1-17-12-4-2-10(3-5-12)14-18-7-6-13(19-14)8-11(16)9-15/h2-5,11,13-16H,6-9H2,1H3/t11-,13-,14-/m1/s1. The summed E-state index contributed by atoms with van der Waals surface area (Å²) in [6.07, 6.45) is -0.103. The van der Waals surface area contributed by atoms with E-state index in [2.05, 4.69) is 0 Å². The molecule has 0 unspecified atom stereocenters. The molecule has 106 valence electrons. The molecule has 0 spiro atoms. The van der Waals surface area contributed by atoms with Crippen molar-refractivity contribution < 1.29 is 24.4 Å². The van der Waals surface area contributed by atoms with Gasteiger partial charge < -0.3 is 24.4 Å². The average molecular weight is 268 g/mol. The van der Waals surface area contributed by atoms with Gasteiger partial charge in [0.05, 0.1) is 32.5 Å². The molecule has 0 saturated carbocycles. The van der Waals surface area contributed by atoms with Crippen LogP contribution in [0.5, 0.6) is 5.75 Å². The summed E-state index contributed by atoms with van der Waals surface area (Å²) in [5, 5.41) is 18.3. The van der Waals surface area contributed by atoms with Gasteiger partial charge in [0.25, 0.3) is 0 Å². The summed E-state index contributed by atoms with van der Waals surface area (Å²) in [6.45, 7) is 0.341. The van der Waals surface area contributed by atoms with Gasteiger partial charge in [0, 0.05) is 12.0 Å². The lowest BCUT2D eigenvalue weighted by Crippen LogP contribution is -2.31. The first-order chi connectivity index (χ1) is 9.22. The molecule has 19 heavy (non-hydrogen) atoms. The number of hydrogen-bond acceptors (Lipinski definition) is 5. The van der Waals surface area contributed by atoms with Crippen LogP contribution in [-0.4, -0.2) is 42.7 Å². The predicted octanol–water partition coefficient (Wildman–Crippen LogP) is 1.24. The largest absolute Gasteiger partial charge is 0.497 e. The van der Waals surface area contributed by atoms with Gasteiger partial charge in [-0.05, 0) is 18.6 Å². The van der Waals surface area contributed by atoms with Crippen molar-refractivity contribution in [1.29, 1.82) is 0 Å². The van der Waals surface area contributed by atoms with Gasteiger partial charge in [-0.15, -0.1) is 0 Å². The van der Waals surface area contributed by atoms with E-state index in [0.29, 0.717) is 13.0 Å². The molecule has 0 aliphatic carbocycles. The third kappa shape index (κ3) is 3.91. The summed E-state index contributed by atoms with van der Waals surface area (Å²) in [5.74, 6) is 0.784. The minimum Gasteiger partial charge on any atom is -0.497 e. The highest BCUT2D eigenvalue weighted by molar-refractivity contribution is 5.27. The second-order valence-corrected chi connectivity index (χ2v) is 4.59. The number of hydrogen-bond donors (Lipinski definition) is 2. The number of aliphatic hydroxyl groups is 2. The van der Waals surface area contributed by atoms with Crippen molar-refractivity contribution >= 4 is 0 Å². The van der Waals surface area contributed by atoms with Crippen LogP contribution in [0.1, 0.15) is 24.7 Å². The van der Waals surface area contributed by atoms with E-state index in [0.717, 1.165) is 17.7 Å². The Labute approximate surface area is 112 Å². The SMILES string of the molecule is COc1ccc([C@@H]2OCC[C@H](C[C@@H](O)CO)O2)cc1.